The van der Waals surface area contributed by atoms with E-state index in [4.69, 9.17) is 4.74 Å². The highest BCUT2D eigenvalue weighted by Crippen LogP contribution is 2.19. The zero-order chi connectivity index (χ0) is 15.4. The average Bonchev–Trinajstić information content (AvgIpc) is 2.92. The van der Waals surface area contributed by atoms with Crippen molar-refractivity contribution in [3.8, 4) is 0 Å². The van der Waals surface area contributed by atoms with Gasteiger partial charge in [-0.15, -0.1) is 11.3 Å². The molecule has 1 aromatic carbocycles. The first-order chi connectivity index (χ1) is 10.0. The number of esters is 1. The SMILES string of the molecule is COC(=O)[C@@H](CC(C)C)NC(=O)c1ccc2ncsc2c1. The Kier molecular flexibility index (Phi) is 4.90. The predicted octanol–water partition coefficient (Wildman–Crippen LogP) is 2.61. The zero-order valence-corrected chi connectivity index (χ0v) is 13.1. The number of amides is 1. The van der Waals surface area contributed by atoms with Gasteiger partial charge in [-0.1, -0.05) is 13.8 Å². The molecule has 0 unspecified atom stereocenters. The van der Waals surface area contributed by atoms with Crippen molar-refractivity contribution in [2.24, 2.45) is 5.92 Å². The number of carbonyl (C=O) groups is 2. The first-order valence-electron chi connectivity index (χ1n) is 6.73. The van der Waals surface area contributed by atoms with Crippen molar-refractivity contribution in [2.75, 3.05) is 7.11 Å². The van der Waals surface area contributed by atoms with Crippen LogP contribution in [-0.4, -0.2) is 30.0 Å². The Balaban J connectivity index is 2.15. The van der Waals surface area contributed by atoms with E-state index in [1.165, 1.54) is 18.4 Å². The van der Waals surface area contributed by atoms with Crippen LogP contribution in [0.2, 0.25) is 0 Å². The van der Waals surface area contributed by atoms with Crippen LogP contribution >= 0.6 is 11.3 Å². The van der Waals surface area contributed by atoms with Crippen LogP contribution in [0.5, 0.6) is 0 Å². The lowest BCUT2D eigenvalue weighted by Gasteiger charge is -2.18. The normalized spacial score (nSPS) is 12.4. The number of hydrogen-bond donors (Lipinski definition) is 1. The van der Waals surface area contributed by atoms with Gasteiger partial charge in [0.15, 0.2) is 0 Å². The van der Waals surface area contributed by atoms with Gasteiger partial charge >= 0.3 is 5.97 Å². The Morgan fingerprint density at radius 2 is 2.14 bits per heavy atom. The number of aromatic nitrogens is 1. The van der Waals surface area contributed by atoms with Crippen LogP contribution in [-0.2, 0) is 9.53 Å². The lowest BCUT2D eigenvalue weighted by molar-refractivity contribution is -0.143. The lowest BCUT2D eigenvalue weighted by Crippen LogP contribution is -2.42. The molecule has 1 N–H and O–H groups in total. The van der Waals surface area contributed by atoms with Gasteiger partial charge in [-0.3, -0.25) is 4.79 Å². The van der Waals surface area contributed by atoms with Gasteiger partial charge in [0.1, 0.15) is 6.04 Å². The van der Waals surface area contributed by atoms with Gasteiger partial charge in [-0.05, 0) is 30.5 Å². The summed E-state index contributed by atoms with van der Waals surface area (Å²) in [6, 6.07) is 4.67. The highest BCUT2D eigenvalue weighted by atomic mass is 32.1. The van der Waals surface area contributed by atoms with Gasteiger partial charge in [-0.25, -0.2) is 9.78 Å². The van der Waals surface area contributed by atoms with Crippen molar-refractivity contribution in [1.29, 1.82) is 0 Å². The van der Waals surface area contributed by atoms with E-state index < -0.39 is 12.0 Å². The average molecular weight is 306 g/mol. The molecule has 1 heterocycles. The third-order valence-electron chi connectivity index (χ3n) is 3.09. The smallest absolute Gasteiger partial charge is 0.328 e. The summed E-state index contributed by atoms with van der Waals surface area (Å²) in [6.07, 6.45) is 0.543. The maximum absolute atomic E-state index is 12.3. The second-order valence-corrected chi connectivity index (χ2v) is 6.10. The summed E-state index contributed by atoms with van der Waals surface area (Å²) in [5.41, 5.74) is 3.12. The molecule has 5 nitrogen and oxygen atoms in total. The molecule has 0 radical (unpaired) electrons. The first kappa shape index (κ1) is 15.4. The molecule has 1 amide bonds. The molecule has 0 spiro atoms. The molecular formula is C15H18N2O3S. The molecule has 21 heavy (non-hydrogen) atoms. The molecule has 0 fully saturated rings. The minimum absolute atomic E-state index is 0.276. The summed E-state index contributed by atoms with van der Waals surface area (Å²) in [7, 11) is 1.32. The van der Waals surface area contributed by atoms with Crippen molar-refractivity contribution >= 4 is 33.4 Å². The number of ether oxygens (including phenoxy) is 1. The number of rotatable bonds is 5. The largest absolute Gasteiger partial charge is 0.467 e. The van der Waals surface area contributed by atoms with E-state index in [9.17, 15) is 9.59 Å². The lowest BCUT2D eigenvalue weighted by atomic mass is 10.0. The fourth-order valence-corrected chi connectivity index (χ4v) is 2.78. The number of fused-ring (bicyclic) bond motifs is 1. The maximum Gasteiger partial charge on any atom is 0.328 e. The second-order valence-electron chi connectivity index (χ2n) is 5.21. The second kappa shape index (κ2) is 6.67. The Morgan fingerprint density at radius 1 is 1.38 bits per heavy atom. The van der Waals surface area contributed by atoms with Crippen LogP contribution in [0.25, 0.3) is 10.2 Å². The van der Waals surface area contributed by atoms with Crippen molar-refractivity contribution in [1.82, 2.24) is 10.3 Å². The zero-order valence-electron chi connectivity index (χ0n) is 12.3. The van der Waals surface area contributed by atoms with Gasteiger partial charge in [0, 0.05) is 5.56 Å². The highest BCUT2D eigenvalue weighted by molar-refractivity contribution is 7.16. The van der Waals surface area contributed by atoms with Crippen molar-refractivity contribution in [3.63, 3.8) is 0 Å². The summed E-state index contributed by atoms with van der Waals surface area (Å²) in [6.45, 7) is 3.98. The van der Waals surface area contributed by atoms with Gasteiger partial charge in [-0.2, -0.15) is 0 Å². The molecule has 112 valence electrons. The van der Waals surface area contributed by atoms with Crippen LogP contribution < -0.4 is 5.32 Å². The quantitative estimate of drug-likeness (QED) is 0.862. The Morgan fingerprint density at radius 3 is 2.81 bits per heavy atom. The van der Waals surface area contributed by atoms with E-state index in [1.807, 2.05) is 13.8 Å². The van der Waals surface area contributed by atoms with Gasteiger partial charge < -0.3 is 10.1 Å². The molecule has 0 aliphatic rings. The standard InChI is InChI=1S/C15H18N2O3S/c1-9(2)6-12(15(19)20-3)17-14(18)10-4-5-11-13(7-10)21-8-16-11/h4-5,7-9,12H,6H2,1-3H3,(H,17,18)/t12-/m1/s1. The third kappa shape index (κ3) is 3.78. The van der Waals surface area contributed by atoms with Crippen LogP contribution in [0.1, 0.15) is 30.6 Å². The summed E-state index contributed by atoms with van der Waals surface area (Å²) < 4.78 is 5.69. The first-order valence-corrected chi connectivity index (χ1v) is 7.61. The number of carbonyl (C=O) groups excluding carboxylic acids is 2. The summed E-state index contributed by atoms with van der Waals surface area (Å²) >= 11 is 1.48. The molecule has 6 heteroatoms. The minimum atomic E-state index is -0.625. The van der Waals surface area contributed by atoms with Crippen LogP contribution in [0.3, 0.4) is 0 Å². The fourth-order valence-electron chi connectivity index (χ4n) is 2.07. The number of nitrogens with zero attached hydrogens (tertiary/aromatic N) is 1. The monoisotopic (exact) mass is 306 g/mol. The molecule has 2 rings (SSSR count). The summed E-state index contributed by atoms with van der Waals surface area (Å²) in [5.74, 6) is -0.421. The van der Waals surface area contributed by atoms with E-state index in [2.05, 4.69) is 10.3 Å². The van der Waals surface area contributed by atoms with E-state index in [0.29, 0.717) is 12.0 Å². The molecular weight excluding hydrogens is 288 g/mol. The molecule has 0 saturated carbocycles. The number of hydrogen-bond acceptors (Lipinski definition) is 5. The highest BCUT2D eigenvalue weighted by Gasteiger charge is 2.23. The molecule has 2 aromatic rings. The number of nitrogens with one attached hydrogen (secondary N) is 1. The molecule has 0 saturated heterocycles. The van der Waals surface area contributed by atoms with E-state index in [1.54, 1.807) is 23.7 Å². The van der Waals surface area contributed by atoms with Crippen LogP contribution in [0.4, 0.5) is 0 Å². The van der Waals surface area contributed by atoms with Crippen molar-refractivity contribution in [3.05, 3.63) is 29.3 Å². The number of thiazole rings is 1. The van der Waals surface area contributed by atoms with E-state index in [0.717, 1.165) is 10.2 Å². The van der Waals surface area contributed by atoms with Crippen molar-refractivity contribution < 1.29 is 14.3 Å². The predicted molar refractivity (Wildman–Crippen MR) is 82.3 cm³/mol. The van der Waals surface area contributed by atoms with Crippen LogP contribution in [0.15, 0.2) is 23.7 Å². The molecule has 0 aliphatic heterocycles. The topological polar surface area (TPSA) is 68.3 Å². The Hall–Kier alpha value is -1.95. The van der Waals surface area contributed by atoms with Gasteiger partial charge in [0.2, 0.25) is 0 Å². The molecule has 1 aromatic heterocycles. The Bertz CT molecular complexity index is 651. The minimum Gasteiger partial charge on any atom is -0.467 e. The number of benzene rings is 1. The fraction of sp³-hybridized carbons (Fsp3) is 0.400. The van der Waals surface area contributed by atoms with Crippen LogP contribution in [0, 0.1) is 5.92 Å². The van der Waals surface area contributed by atoms with E-state index >= 15 is 0 Å². The molecule has 0 aliphatic carbocycles. The Labute approximate surface area is 127 Å². The van der Waals surface area contributed by atoms with Gasteiger partial charge in [0.05, 0.1) is 22.8 Å². The van der Waals surface area contributed by atoms with E-state index in [-0.39, 0.29) is 11.8 Å². The molecule has 0 bridgehead atoms. The number of methoxy groups -OCH3 is 1. The van der Waals surface area contributed by atoms with Crippen molar-refractivity contribution in [2.45, 2.75) is 26.3 Å². The third-order valence-corrected chi connectivity index (χ3v) is 3.88. The molecule has 1 atom stereocenters. The maximum atomic E-state index is 12.3. The summed E-state index contributed by atoms with van der Waals surface area (Å²) in [4.78, 5) is 28.2. The van der Waals surface area contributed by atoms with Gasteiger partial charge in [0.25, 0.3) is 5.91 Å². The summed E-state index contributed by atoms with van der Waals surface area (Å²) in [5, 5.41) is 2.74.